The van der Waals surface area contributed by atoms with Crippen LogP contribution in [0.15, 0.2) is 45.6 Å². The summed E-state index contributed by atoms with van der Waals surface area (Å²) in [5, 5.41) is 0.343. The normalized spacial score (nSPS) is 11.0. The minimum absolute atomic E-state index is 0.199. The Balaban J connectivity index is 2.37. The number of hydrogen-bond donors (Lipinski definition) is 2. The van der Waals surface area contributed by atoms with Gasteiger partial charge in [0, 0.05) is 16.8 Å². The predicted molar refractivity (Wildman–Crippen MR) is 81.4 cm³/mol. The van der Waals surface area contributed by atoms with E-state index >= 15 is 0 Å². The molecule has 0 atom stereocenters. The number of nitrogen functional groups attached to an aromatic ring is 2. The quantitative estimate of drug-likeness (QED) is 0.673. The van der Waals surface area contributed by atoms with Crippen molar-refractivity contribution in [2.75, 3.05) is 11.5 Å². The molecule has 106 valence electrons. The van der Waals surface area contributed by atoms with Gasteiger partial charge < -0.3 is 15.9 Å². The van der Waals surface area contributed by atoms with Crippen LogP contribution in [0.5, 0.6) is 0 Å². The van der Waals surface area contributed by atoms with Crippen molar-refractivity contribution in [3.05, 3.63) is 58.0 Å². The van der Waals surface area contributed by atoms with E-state index in [1.54, 1.807) is 25.1 Å². The van der Waals surface area contributed by atoms with Crippen molar-refractivity contribution in [3.63, 3.8) is 0 Å². The highest BCUT2D eigenvalue weighted by Crippen LogP contribution is 2.29. The van der Waals surface area contributed by atoms with Crippen LogP contribution in [0.2, 0.25) is 0 Å². The van der Waals surface area contributed by atoms with Gasteiger partial charge >= 0.3 is 0 Å². The SMILES string of the molecule is Cc1c(-c2ccc(F)cc2)oc2c(N)cc(N)cc2c1=O. The Morgan fingerprint density at radius 1 is 1.10 bits per heavy atom. The first-order valence-electron chi connectivity index (χ1n) is 6.35. The van der Waals surface area contributed by atoms with Crippen LogP contribution >= 0.6 is 0 Å². The Kier molecular flexibility index (Phi) is 2.90. The fourth-order valence-corrected chi connectivity index (χ4v) is 2.32. The summed E-state index contributed by atoms with van der Waals surface area (Å²) in [4.78, 5) is 12.4. The van der Waals surface area contributed by atoms with Crippen LogP contribution in [-0.2, 0) is 0 Å². The number of hydrogen-bond acceptors (Lipinski definition) is 4. The van der Waals surface area contributed by atoms with Crippen LogP contribution < -0.4 is 16.9 Å². The smallest absolute Gasteiger partial charge is 0.196 e. The Morgan fingerprint density at radius 2 is 1.76 bits per heavy atom. The van der Waals surface area contributed by atoms with Crippen molar-refractivity contribution >= 4 is 22.3 Å². The van der Waals surface area contributed by atoms with Gasteiger partial charge in [-0.2, -0.15) is 0 Å². The summed E-state index contributed by atoms with van der Waals surface area (Å²) >= 11 is 0. The number of nitrogens with two attached hydrogens (primary N) is 2. The monoisotopic (exact) mass is 284 g/mol. The molecule has 0 aliphatic heterocycles. The third-order valence-electron chi connectivity index (χ3n) is 3.38. The van der Waals surface area contributed by atoms with E-state index in [9.17, 15) is 9.18 Å². The zero-order chi connectivity index (χ0) is 15.1. The standard InChI is InChI=1S/C16H13FN2O2/c1-8-14(20)12-6-11(18)7-13(19)16(12)21-15(8)9-2-4-10(17)5-3-9/h2-7H,18-19H2,1H3. The molecule has 21 heavy (non-hydrogen) atoms. The zero-order valence-corrected chi connectivity index (χ0v) is 11.3. The van der Waals surface area contributed by atoms with E-state index in [0.717, 1.165) is 0 Å². The second-order valence-corrected chi connectivity index (χ2v) is 4.88. The van der Waals surface area contributed by atoms with Crippen LogP contribution in [0, 0.1) is 12.7 Å². The van der Waals surface area contributed by atoms with E-state index in [1.807, 2.05) is 0 Å². The molecule has 2 aromatic carbocycles. The summed E-state index contributed by atoms with van der Waals surface area (Å²) in [6.07, 6.45) is 0. The molecule has 0 aliphatic carbocycles. The fourth-order valence-electron chi connectivity index (χ4n) is 2.32. The van der Waals surface area contributed by atoms with Crippen molar-refractivity contribution in [3.8, 4) is 11.3 Å². The van der Waals surface area contributed by atoms with Gasteiger partial charge in [0.15, 0.2) is 11.0 Å². The van der Waals surface area contributed by atoms with Gasteiger partial charge in [0.05, 0.1) is 11.1 Å². The van der Waals surface area contributed by atoms with Gasteiger partial charge in [0.2, 0.25) is 0 Å². The minimum Gasteiger partial charge on any atom is -0.453 e. The lowest BCUT2D eigenvalue weighted by Gasteiger charge is -2.09. The molecule has 0 bridgehead atoms. The molecule has 4 nitrogen and oxygen atoms in total. The van der Waals surface area contributed by atoms with Gasteiger partial charge in [0.1, 0.15) is 11.6 Å². The molecule has 0 spiro atoms. The summed E-state index contributed by atoms with van der Waals surface area (Å²) in [6.45, 7) is 1.66. The largest absolute Gasteiger partial charge is 0.453 e. The Labute approximate surface area is 119 Å². The highest BCUT2D eigenvalue weighted by Gasteiger charge is 2.15. The molecule has 3 rings (SSSR count). The third-order valence-corrected chi connectivity index (χ3v) is 3.38. The Hall–Kier alpha value is -2.82. The average molecular weight is 284 g/mol. The van der Waals surface area contributed by atoms with Gasteiger partial charge in [-0.05, 0) is 43.3 Å². The zero-order valence-electron chi connectivity index (χ0n) is 11.3. The first-order valence-corrected chi connectivity index (χ1v) is 6.35. The maximum absolute atomic E-state index is 13.0. The Bertz CT molecular complexity index is 899. The Morgan fingerprint density at radius 3 is 2.43 bits per heavy atom. The maximum atomic E-state index is 13.0. The van der Waals surface area contributed by atoms with Gasteiger partial charge in [-0.15, -0.1) is 0 Å². The second kappa shape index (κ2) is 4.63. The van der Waals surface area contributed by atoms with Crippen molar-refractivity contribution in [2.45, 2.75) is 6.92 Å². The number of benzene rings is 2. The summed E-state index contributed by atoms with van der Waals surface area (Å²) in [7, 11) is 0. The molecule has 0 fully saturated rings. The van der Waals surface area contributed by atoms with Gasteiger partial charge in [0.25, 0.3) is 0 Å². The van der Waals surface area contributed by atoms with E-state index in [0.29, 0.717) is 39.2 Å². The summed E-state index contributed by atoms with van der Waals surface area (Å²) < 4.78 is 18.8. The van der Waals surface area contributed by atoms with Crippen molar-refractivity contribution < 1.29 is 8.81 Å². The van der Waals surface area contributed by atoms with Crippen LogP contribution in [0.1, 0.15) is 5.56 Å². The molecule has 0 radical (unpaired) electrons. The number of fused-ring (bicyclic) bond motifs is 1. The second-order valence-electron chi connectivity index (χ2n) is 4.88. The molecule has 1 aromatic heterocycles. The molecule has 4 N–H and O–H groups in total. The molecule has 5 heteroatoms. The lowest BCUT2D eigenvalue weighted by atomic mass is 10.0. The van der Waals surface area contributed by atoms with Crippen molar-refractivity contribution in [1.29, 1.82) is 0 Å². The number of rotatable bonds is 1. The van der Waals surface area contributed by atoms with E-state index in [-0.39, 0.29) is 11.2 Å². The highest BCUT2D eigenvalue weighted by molar-refractivity contribution is 5.92. The van der Waals surface area contributed by atoms with E-state index in [4.69, 9.17) is 15.9 Å². The maximum Gasteiger partial charge on any atom is 0.196 e. The lowest BCUT2D eigenvalue weighted by molar-refractivity contribution is 0.612. The van der Waals surface area contributed by atoms with Crippen LogP contribution in [0.4, 0.5) is 15.8 Å². The van der Waals surface area contributed by atoms with Crippen LogP contribution in [0.3, 0.4) is 0 Å². The molecular formula is C16H13FN2O2. The van der Waals surface area contributed by atoms with Gasteiger partial charge in [-0.25, -0.2) is 4.39 Å². The van der Waals surface area contributed by atoms with E-state index in [1.165, 1.54) is 18.2 Å². The van der Waals surface area contributed by atoms with E-state index in [2.05, 4.69) is 0 Å². The summed E-state index contributed by atoms with van der Waals surface area (Å²) in [5.74, 6) is 0.0239. The fraction of sp³-hybridized carbons (Fsp3) is 0.0625. The molecular weight excluding hydrogens is 271 g/mol. The van der Waals surface area contributed by atoms with Gasteiger partial charge in [-0.1, -0.05) is 0 Å². The van der Waals surface area contributed by atoms with Crippen molar-refractivity contribution in [1.82, 2.24) is 0 Å². The van der Waals surface area contributed by atoms with E-state index < -0.39 is 0 Å². The molecule has 0 unspecified atom stereocenters. The molecule has 0 saturated carbocycles. The highest BCUT2D eigenvalue weighted by atomic mass is 19.1. The first kappa shape index (κ1) is 13.2. The number of halogens is 1. The van der Waals surface area contributed by atoms with Crippen LogP contribution in [-0.4, -0.2) is 0 Å². The summed E-state index contributed by atoms with van der Waals surface area (Å²) in [6, 6.07) is 8.81. The van der Waals surface area contributed by atoms with Crippen molar-refractivity contribution in [2.24, 2.45) is 0 Å². The predicted octanol–water partition coefficient (Wildman–Crippen LogP) is 3.07. The first-order chi connectivity index (χ1) is 9.97. The summed E-state index contributed by atoms with van der Waals surface area (Å²) in [5.41, 5.74) is 13.4. The molecule has 0 amide bonds. The molecule has 1 heterocycles. The topological polar surface area (TPSA) is 82.2 Å². The third kappa shape index (κ3) is 2.12. The molecule has 0 aliphatic rings. The number of anilines is 2. The lowest BCUT2D eigenvalue weighted by Crippen LogP contribution is -2.09. The minimum atomic E-state index is -0.355. The molecule has 0 saturated heterocycles. The average Bonchev–Trinajstić information content (AvgIpc) is 2.44. The van der Waals surface area contributed by atoms with Crippen LogP contribution in [0.25, 0.3) is 22.3 Å². The molecule has 3 aromatic rings. The van der Waals surface area contributed by atoms with Gasteiger partial charge in [-0.3, -0.25) is 4.79 Å².